The normalized spacial score (nSPS) is 11.1. The predicted molar refractivity (Wildman–Crippen MR) is 77.2 cm³/mol. The Hall–Kier alpha value is -1.65. The van der Waals surface area contributed by atoms with Crippen LogP contribution in [-0.2, 0) is 17.8 Å². The van der Waals surface area contributed by atoms with Gasteiger partial charge >= 0.3 is 0 Å². The fourth-order valence-electron chi connectivity index (χ4n) is 2.27. The number of pyridine rings is 1. The number of unbranched alkanes of at least 4 members (excludes halogenated alkanes) is 1. The van der Waals surface area contributed by atoms with Crippen LogP contribution in [0, 0.1) is 0 Å². The van der Waals surface area contributed by atoms with Crippen molar-refractivity contribution in [2.75, 3.05) is 13.7 Å². The Morgan fingerprint density at radius 3 is 2.79 bits per heavy atom. The third-order valence-electron chi connectivity index (χ3n) is 3.28. The molecular formula is C15H20N2O2. The molecule has 0 aliphatic heterocycles. The maximum absolute atomic E-state index is 12.3. The van der Waals surface area contributed by atoms with E-state index in [1.165, 1.54) is 0 Å². The van der Waals surface area contributed by atoms with Crippen LogP contribution in [0.5, 0.6) is 0 Å². The molecule has 0 amide bonds. The molecule has 1 heterocycles. The van der Waals surface area contributed by atoms with Gasteiger partial charge < -0.3 is 15.0 Å². The van der Waals surface area contributed by atoms with Crippen molar-refractivity contribution in [3.8, 4) is 0 Å². The van der Waals surface area contributed by atoms with Crippen molar-refractivity contribution in [3.05, 3.63) is 46.2 Å². The summed E-state index contributed by atoms with van der Waals surface area (Å²) in [6.45, 7) is 1.71. The zero-order chi connectivity index (χ0) is 13.7. The van der Waals surface area contributed by atoms with Crippen molar-refractivity contribution in [2.24, 2.45) is 5.73 Å². The number of para-hydroxylation sites is 1. The van der Waals surface area contributed by atoms with E-state index in [4.69, 9.17) is 10.5 Å². The molecule has 0 bridgehead atoms. The third-order valence-corrected chi connectivity index (χ3v) is 3.28. The molecule has 0 spiro atoms. The molecule has 1 aromatic carbocycles. The lowest BCUT2D eigenvalue weighted by molar-refractivity contribution is 0.191. The zero-order valence-electron chi connectivity index (χ0n) is 11.3. The second-order valence-corrected chi connectivity index (χ2v) is 4.59. The molecule has 2 N–H and O–H groups in total. The van der Waals surface area contributed by atoms with Crippen LogP contribution in [0.25, 0.3) is 10.9 Å². The highest BCUT2D eigenvalue weighted by Gasteiger charge is 2.07. The van der Waals surface area contributed by atoms with E-state index in [0.717, 1.165) is 30.4 Å². The van der Waals surface area contributed by atoms with Gasteiger partial charge in [-0.1, -0.05) is 18.2 Å². The molecule has 0 unspecified atom stereocenters. The first-order valence-electron chi connectivity index (χ1n) is 6.58. The standard InChI is InChI=1S/C15H20N2O2/c1-19-9-5-4-8-17-14-7-3-2-6-12(14)10-13(11-16)15(17)18/h2-3,6-7,10H,4-5,8-9,11,16H2,1H3. The van der Waals surface area contributed by atoms with Gasteiger partial charge in [-0.15, -0.1) is 0 Å². The number of benzene rings is 1. The van der Waals surface area contributed by atoms with Crippen molar-refractivity contribution in [2.45, 2.75) is 25.9 Å². The number of hydrogen-bond donors (Lipinski definition) is 1. The summed E-state index contributed by atoms with van der Waals surface area (Å²) in [5, 5.41) is 1.06. The number of methoxy groups -OCH3 is 1. The van der Waals surface area contributed by atoms with Gasteiger partial charge in [-0.05, 0) is 30.4 Å². The molecule has 102 valence electrons. The number of fused-ring (bicyclic) bond motifs is 1. The predicted octanol–water partition coefficient (Wildman–Crippen LogP) is 1.89. The maximum Gasteiger partial charge on any atom is 0.255 e. The maximum atomic E-state index is 12.3. The van der Waals surface area contributed by atoms with Crippen LogP contribution in [-0.4, -0.2) is 18.3 Å². The summed E-state index contributed by atoms with van der Waals surface area (Å²) in [5.74, 6) is 0. The van der Waals surface area contributed by atoms with Crippen molar-refractivity contribution in [1.82, 2.24) is 4.57 Å². The van der Waals surface area contributed by atoms with E-state index >= 15 is 0 Å². The molecule has 0 fully saturated rings. The van der Waals surface area contributed by atoms with Crippen LogP contribution in [0.4, 0.5) is 0 Å². The number of hydrogen-bond acceptors (Lipinski definition) is 3. The van der Waals surface area contributed by atoms with Gasteiger partial charge in [-0.2, -0.15) is 0 Å². The zero-order valence-corrected chi connectivity index (χ0v) is 11.3. The van der Waals surface area contributed by atoms with Crippen molar-refractivity contribution in [1.29, 1.82) is 0 Å². The number of aromatic nitrogens is 1. The molecule has 4 heteroatoms. The van der Waals surface area contributed by atoms with E-state index in [-0.39, 0.29) is 12.1 Å². The van der Waals surface area contributed by atoms with Crippen LogP contribution in [0.2, 0.25) is 0 Å². The Balaban J connectivity index is 2.38. The average molecular weight is 260 g/mol. The molecule has 0 saturated heterocycles. The molecule has 1 aromatic heterocycles. The van der Waals surface area contributed by atoms with Gasteiger partial charge in [0, 0.05) is 32.4 Å². The fourth-order valence-corrected chi connectivity index (χ4v) is 2.27. The summed E-state index contributed by atoms with van der Waals surface area (Å²) in [7, 11) is 1.69. The van der Waals surface area contributed by atoms with Crippen LogP contribution in [0.15, 0.2) is 35.1 Å². The van der Waals surface area contributed by atoms with Gasteiger partial charge in [-0.25, -0.2) is 0 Å². The summed E-state index contributed by atoms with van der Waals surface area (Å²) in [6.07, 6.45) is 1.87. The van der Waals surface area contributed by atoms with E-state index < -0.39 is 0 Å². The van der Waals surface area contributed by atoms with Gasteiger partial charge in [0.15, 0.2) is 0 Å². The Kier molecular flexibility index (Phi) is 4.71. The minimum Gasteiger partial charge on any atom is -0.385 e. The molecule has 19 heavy (non-hydrogen) atoms. The summed E-state index contributed by atoms with van der Waals surface area (Å²) in [6, 6.07) is 9.81. The monoisotopic (exact) mass is 260 g/mol. The van der Waals surface area contributed by atoms with Crippen molar-refractivity contribution >= 4 is 10.9 Å². The molecule has 2 rings (SSSR count). The molecule has 0 atom stereocenters. The highest BCUT2D eigenvalue weighted by atomic mass is 16.5. The minimum absolute atomic E-state index is 0.0265. The number of rotatable bonds is 6. The second-order valence-electron chi connectivity index (χ2n) is 4.59. The van der Waals surface area contributed by atoms with Gasteiger partial charge in [-0.3, -0.25) is 4.79 Å². The first-order chi connectivity index (χ1) is 9.27. The van der Waals surface area contributed by atoms with Gasteiger partial charge in [0.05, 0.1) is 5.52 Å². The third kappa shape index (κ3) is 3.03. The van der Waals surface area contributed by atoms with Gasteiger partial charge in [0.25, 0.3) is 5.56 Å². The van der Waals surface area contributed by atoms with Crippen LogP contribution in [0.3, 0.4) is 0 Å². The quantitative estimate of drug-likeness (QED) is 0.807. The molecule has 0 aliphatic carbocycles. The largest absolute Gasteiger partial charge is 0.385 e. The van der Waals surface area contributed by atoms with Crippen LogP contribution in [0.1, 0.15) is 18.4 Å². The SMILES string of the molecule is COCCCCn1c(=O)c(CN)cc2ccccc21. The first kappa shape index (κ1) is 13.8. The van der Waals surface area contributed by atoms with E-state index in [2.05, 4.69) is 0 Å². The number of nitrogens with zero attached hydrogens (tertiary/aromatic N) is 1. The van der Waals surface area contributed by atoms with Crippen LogP contribution >= 0.6 is 0 Å². The van der Waals surface area contributed by atoms with Crippen molar-refractivity contribution in [3.63, 3.8) is 0 Å². The molecular weight excluding hydrogens is 240 g/mol. The molecule has 0 saturated carbocycles. The lowest BCUT2D eigenvalue weighted by Crippen LogP contribution is -2.25. The Labute approximate surface area is 112 Å². The van der Waals surface area contributed by atoms with E-state index in [0.29, 0.717) is 12.1 Å². The number of nitrogens with two attached hydrogens (primary N) is 1. The summed E-state index contributed by atoms with van der Waals surface area (Å²) < 4.78 is 6.86. The van der Waals surface area contributed by atoms with Gasteiger partial charge in [0.2, 0.25) is 0 Å². The lowest BCUT2D eigenvalue weighted by atomic mass is 10.1. The van der Waals surface area contributed by atoms with E-state index in [9.17, 15) is 4.79 Å². The Morgan fingerprint density at radius 2 is 2.05 bits per heavy atom. The second kappa shape index (κ2) is 6.50. The summed E-state index contributed by atoms with van der Waals surface area (Å²) in [5.41, 5.74) is 7.33. The average Bonchev–Trinajstić information content (AvgIpc) is 2.45. The Bertz CT molecular complexity index is 605. The smallest absolute Gasteiger partial charge is 0.255 e. The topological polar surface area (TPSA) is 57.2 Å². The minimum atomic E-state index is 0.0265. The number of aryl methyl sites for hydroxylation is 1. The van der Waals surface area contributed by atoms with Crippen molar-refractivity contribution < 1.29 is 4.74 Å². The lowest BCUT2D eigenvalue weighted by Gasteiger charge is -2.12. The highest BCUT2D eigenvalue weighted by molar-refractivity contribution is 5.79. The van der Waals surface area contributed by atoms with E-state index in [1.807, 2.05) is 34.9 Å². The molecule has 0 radical (unpaired) electrons. The molecule has 0 aliphatic rings. The summed E-state index contributed by atoms with van der Waals surface area (Å²) >= 11 is 0. The van der Waals surface area contributed by atoms with Crippen LogP contribution < -0.4 is 11.3 Å². The van der Waals surface area contributed by atoms with E-state index in [1.54, 1.807) is 7.11 Å². The number of ether oxygens (including phenoxy) is 1. The molecule has 2 aromatic rings. The molecule has 4 nitrogen and oxygen atoms in total. The highest BCUT2D eigenvalue weighted by Crippen LogP contribution is 2.14. The first-order valence-corrected chi connectivity index (χ1v) is 6.58. The fraction of sp³-hybridized carbons (Fsp3) is 0.400. The van der Waals surface area contributed by atoms with Gasteiger partial charge in [0.1, 0.15) is 0 Å². The Morgan fingerprint density at radius 1 is 1.26 bits per heavy atom. The summed E-state index contributed by atoms with van der Waals surface area (Å²) in [4.78, 5) is 12.3.